The van der Waals surface area contributed by atoms with E-state index in [2.05, 4.69) is 15.4 Å². The number of aryl methyl sites for hydroxylation is 1. The standard InChI is InChI=1S/C19H27N5O3/c1-19(2,3)27-18(26)24(13-15-7-5-8-20-11-15)10-6-9-21-17(25)16-12-22-23(4)14-16/h5,7-8,11-12,14H,6,9-10,13H2,1-4H3,(H,21,25). The van der Waals surface area contributed by atoms with Crippen LogP contribution >= 0.6 is 0 Å². The molecular formula is C19H27N5O3. The van der Waals surface area contributed by atoms with Crippen LogP contribution in [0, 0.1) is 0 Å². The highest BCUT2D eigenvalue weighted by molar-refractivity contribution is 5.93. The minimum absolute atomic E-state index is 0.181. The summed E-state index contributed by atoms with van der Waals surface area (Å²) >= 11 is 0. The second kappa shape index (κ2) is 9.16. The van der Waals surface area contributed by atoms with Crippen molar-refractivity contribution in [2.45, 2.75) is 39.3 Å². The zero-order chi connectivity index (χ0) is 19.9. The third kappa shape index (κ3) is 7.08. The van der Waals surface area contributed by atoms with Gasteiger partial charge in [0, 0.05) is 38.7 Å². The zero-order valence-corrected chi connectivity index (χ0v) is 16.3. The zero-order valence-electron chi connectivity index (χ0n) is 16.3. The highest BCUT2D eigenvalue weighted by Gasteiger charge is 2.22. The van der Waals surface area contributed by atoms with E-state index < -0.39 is 5.60 Å². The van der Waals surface area contributed by atoms with E-state index in [9.17, 15) is 9.59 Å². The van der Waals surface area contributed by atoms with Crippen LogP contribution in [0.5, 0.6) is 0 Å². The molecule has 0 bridgehead atoms. The van der Waals surface area contributed by atoms with Crippen molar-refractivity contribution >= 4 is 12.0 Å². The van der Waals surface area contributed by atoms with Gasteiger partial charge in [0.25, 0.3) is 5.91 Å². The first kappa shape index (κ1) is 20.4. The fourth-order valence-corrected chi connectivity index (χ4v) is 2.39. The van der Waals surface area contributed by atoms with Gasteiger partial charge in [-0.05, 0) is 38.8 Å². The highest BCUT2D eigenvalue weighted by atomic mass is 16.6. The van der Waals surface area contributed by atoms with Gasteiger partial charge in [-0.25, -0.2) is 4.79 Å². The molecule has 146 valence electrons. The van der Waals surface area contributed by atoms with E-state index in [-0.39, 0.29) is 12.0 Å². The monoisotopic (exact) mass is 373 g/mol. The Hall–Kier alpha value is -2.90. The van der Waals surface area contributed by atoms with Gasteiger partial charge in [-0.15, -0.1) is 0 Å². The van der Waals surface area contributed by atoms with Gasteiger partial charge < -0.3 is 15.0 Å². The molecule has 0 aromatic carbocycles. The Kier molecular flexibility index (Phi) is 6.92. The maximum Gasteiger partial charge on any atom is 0.410 e. The van der Waals surface area contributed by atoms with Crippen LogP contribution in [0.25, 0.3) is 0 Å². The maximum atomic E-state index is 12.5. The molecule has 0 aliphatic heterocycles. The number of amides is 2. The predicted octanol–water partition coefficient (Wildman–Crippen LogP) is 2.37. The summed E-state index contributed by atoms with van der Waals surface area (Å²) < 4.78 is 7.07. The molecule has 0 spiro atoms. The van der Waals surface area contributed by atoms with Gasteiger partial charge in [-0.3, -0.25) is 14.5 Å². The lowest BCUT2D eigenvalue weighted by Crippen LogP contribution is -2.38. The Balaban J connectivity index is 1.89. The molecule has 2 aromatic rings. The summed E-state index contributed by atoms with van der Waals surface area (Å²) in [5.41, 5.74) is 0.860. The molecule has 2 amide bonds. The fourth-order valence-electron chi connectivity index (χ4n) is 2.39. The smallest absolute Gasteiger partial charge is 0.410 e. The van der Waals surface area contributed by atoms with Crippen molar-refractivity contribution in [3.63, 3.8) is 0 Å². The van der Waals surface area contributed by atoms with Gasteiger partial charge in [0.15, 0.2) is 0 Å². The molecular weight excluding hydrogens is 346 g/mol. The summed E-state index contributed by atoms with van der Waals surface area (Å²) in [4.78, 5) is 30.2. The summed E-state index contributed by atoms with van der Waals surface area (Å²) in [7, 11) is 1.76. The average Bonchev–Trinajstić information content (AvgIpc) is 3.03. The maximum absolute atomic E-state index is 12.5. The number of nitrogens with one attached hydrogen (secondary N) is 1. The van der Waals surface area contributed by atoms with Crippen LogP contribution in [-0.2, 0) is 18.3 Å². The van der Waals surface area contributed by atoms with Crippen LogP contribution in [0.4, 0.5) is 4.79 Å². The van der Waals surface area contributed by atoms with Crippen molar-refractivity contribution in [3.8, 4) is 0 Å². The Bertz CT molecular complexity index is 752. The second-order valence-corrected chi connectivity index (χ2v) is 7.28. The molecule has 0 unspecified atom stereocenters. The normalized spacial score (nSPS) is 11.1. The minimum Gasteiger partial charge on any atom is -0.444 e. The van der Waals surface area contributed by atoms with Gasteiger partial charge in [0.2, 0.25) is 0 Å². The lowest BCUT2D eigenvalue weighted by Gasteiger charge is -2.27. The summed E-state index contributed by atoms with van der Waals surface area (Å²) in [6, 6.07) is 3.74. The van der Waals surface area contributed by atoms with Crippen molar-refractivity contribution in [3.05, 3.63) is 48.0 Å². The number of hydrogen-bond acceptors (Lipinski definition) is 5. The van der Waals surface area contributed by atoms with Crippen molar-refractivity contribution in [2.75, 3.05) is 13.1 Å². The molecule has 0 atom stereocenters. The third-order valence-corrected chi connectivity index (χ3v) is 3.61. The van der Waals surface area contributed by atoms with Gasteiger partial charge in [0.05, 0.1) is 18.3 Å². The van der Waals surface area contributed by atoms with Crippen molar-refractivity contribution in [1.82, 2.24) is 25.0 Å². The Morgan fingerprint density at radius 3 is 2.67 bits per heavy atom. The molecule has 0 fully saturated rings. The number of carbonyl (C=O) groups excluding carboxylic acids is 2. The Morgan fingerprint density at radius 2 is 2.07 bits per heavy atom. The number of hydrogen-bond donors (Lipinski definition) is 1. The third-order valence-electron chi connectivity index (χ3n) is 3.61. The van der Waals surface area contributed by atoms with Gasteiger partial charge in [-0.2, -0.15) is 5.10 Å². The molecule has 27 heavy (non-hydrogen) atoms. The first-order valence-corrected chi connectivity index (χ1v) is 8.88. The van der Waals surface area contributed by atoms with Crippen molar-refractivity contribution < 1.29 is 14.3 Å². The number of rotatable bonds is 7. The van der Waals surface area contributed by atoms with Crippen LogP contribution in [0.15, 0.2) is 36.9 Å². The Labute approximate surface area is 159 Å². The van der Waals surface area contributed by atoms with Crippen LogP contribution in [0.2, 0.25) is 0 Å². The predicted molar refractivity (Wildman–Crippen MR) is 101 cm³/mol. The Morgan fingerprint density at radius 1 is 1.30 bits per heavy atom. The SMILES string of the molecule is Cn1cc(C(=O)NCCCN(Cc2cccnc2)C(=O)OC(C)(C)C)cn1. The second-order valence-electron chi connectivity index (χ2n) is 7.28. The largest absolute Gasteiger partial charge is 0.444 e. The van der Waals surface area contributed by atoms with Crippen molar-refractivity contribution in [1.29, 1.82) is 0 Å². The number of pyridine rings is 1. The molecule has 2 aromatic heterocycles. The average molecular weight is 373 g/mol. The van der Waals surface area contributed by atoms with Crippen LogP contribution in [0.3, 0.4) is 0 Å². The molecule has 0 radical (unpaired) electrons. The van der Waals surface area contributed by atoms with E-state index in [0.29, 0.717) is 31.6 Å². The van der Waals surface area contributed by atoms with Gasteiger partial charge in [0.1, 0.15) is 5.60 Å². The molecule has 8 heteroatoms. The molecule has 8 nitrogen and oxygen atoms in total. The summed E-state index contributed by atoms with van der Waals surface area (Å²) in [5, 5.41) is 6.81. The molecule has 0 aliphatic rings. The summed E-state index contributed by atoms with van der Waals surface area (Å²) in [6.07, 6.45) is 6.81. The fraction of sp³-hybridized carbons (Fsp3) is 0.474. The van der Waals surface area contributed by atoms with Crippen LogP contribution < -0.4 is 5.32 Å². The molecule has 0 aliphatic carbocycles. The number of carbonyl (C=O) groups is 2. The van der Waals surface area contributed by atoms with E-state index in [1.807, 2.05) is 32.9 Å². The number of aromatic nitrogens is 3. The van der Waals surface area contributed by atoms with E-state index in [1.165, 1.54) is 6.20 Å². The quantitative estimate of drug-likeness (QED) is 0.753. The topological polar surface area (TPSA) is 89.4 Å². The van der Waals surface area contributed by atoms with Crippen LogP contribution in [-0.4, -0.2) is 50.4 Å². The number of nitrogens with zero attached hydrogens (tertiary/aromatic N) is 4. The van der Waals surface area contributed by atoms with Gasteiger partial charge >= 0.3 is 6.09 Å². The molecule has 0 saturated heterocycles. The van der Waals surface area contributed by atoms with Gasteiger partial charge in [-0.1, -0.05) is 6.07 Å². The molecule has 0 saturated carbocycles. The van der Waals surface area contributed by atoms with Crippen molar-refractivity contribution in [2.24, 2.45) is 7.05 Å². The minimum atomic E-state index is -0.571. The highest BCUT2D eigenvalue weighted by Crippen LogP contribution is 2.12. The lowest BCUT2D eigenvalue weighted by molar-refractivity contribution is 0.0232. The summed E-state index contributed by atoms with van der Waals surface area (Å²) in [5.74, 6) is -0.181. The van der Waals surface area contributed by atoms with E-state index in [0.717, 1.165) is 5.56 Å². The molecule has 1 N–H and O–H groups in total. The molecule has 2 rings (SSSR count). The van der Waals surface area contributed by atoms with E-state index >= 15 is 0 Å². The van der Waals surface area contributed by atoms with E-state index in [4.69, 9.17) is 4.74 Å². The first-order valence-electron chi connectivity index (χ1n) is 8.88. The summed E-state index contributed by atoms with van der Waals surface area (Å²) in [6.45, 7) is 6.81. The van der Waals surface area contributed by atoms with E-state index in [1.54, 1.807) is 35.2 Å². The lowest BCUT2D eigenvalue weighted by atomic mass is 10.2. The first-order chi connectivity index (χ1) is 12.7. The number of ether oxygens (including phenoxy) is 1. The van der Waals surface area contributed by atoms with Crippen LogP contribution in [0.1, 0.15) is 43.1 Å². The molecule has 2 heterocycles.